The first kappa shape index (κ1) is 15.2. The van der Waals surface area contributed by atoms with Crippen molar-refractivity contribution in [3.05, 3.63) is 57.5 Å². The van der Waals surface area contributed by atoms with Crippen LogP contribution in [0.4, 0.5) is 4.39 Å². The summed E-state index contributed by atoms with van der Waals surface area (Å²) in [5.41, 5.74) is 6.78. The van der Waals surface area contributed by atoms with Crippen LogP contribution < -0.4 is 5.73 Å². The van der Waals surface area contributed by atoms with Crippen LogP contribution in [0.2, 0.25) is 0 Å². The average molecular weight is 302 g/mol. The molecule has 21 heavy (non-hydrogen) atoms. The molecule has 0 radical (unpaired) electrons. The number of carbonyl (C=O) groups is 1. The van der Waals surface area contributed by atoms with Crippen LogP contribution >= 0.6 is 11.3 Å². The molecule has 3 nitrogen and oxygen atoms in total. The fourth-order valence-corrected chi connectivity index (χ4v) is 2.72. The second-order valence-electron chi connectivity index (χ2n) is 4.46. The third kappa shape index (κ3) is 3.91. The summed E-state index contributed by atoms with van der Waals surface area (Å²) in [4.78, 5) is 14.6. The maximum absolute atomic E-state index is 13.2. The monoisotopic (exact) mass is 302 g/mol. The van der Waals surface area contributed by atoms with Crippen molar-refractivity contribution in [3.8, 4) is 11.8 Å². The first-order valence-corrected chi connectivity index (χ1v) is 7.26. The summed E-state index contributed by atoms with van der Waals surface area (Å²) in [7, 11) is 1.69. The Morgan fingerprint density at radius 1 is 1.43 bits per heavy atom. The van der Waals surface area contributed by atoms with Crippen LogP contribution in [0.5, 0.6) is 0 Å². The van der Waals surface area contributed by atoms with Gasteiger partial charge in [0.05, 0.1) is 6.54 Å². The van der Waals surface area contributed by atoms with Gasteiger partial charge < -0.3 is 10.6 Å². The molecule has 0 fully saturated rings. The van der Waals surface area contributed by atoms with Gasteiger partial charge in [-0.2, -0.15) is 0 Å². The molecule has 5 heteroatoms. The van der Waals surface area contributed by atoms with Crippen molar-refractivity contribution in [2.75, 3.05) is 13.6 Å². The van der Waals surface area contributed by atoms with Crippen molar-refractivity contribution < 1.29 is 9.18 Å². The van der Waals surface area contributed by atoms with Crippen LogP contribution in [-0.2, 0) is 6.54 Å². The van der Waals surface area contributed by atoms with E-state index in [1.54, 1.807) is 30.1 Å². The number of halogens is 1. The normalized spacial score (nSPS) is 9.86. The summed E-state index contributed by atoms with van der Waals surface area (Å²) in [6, 6.07) is 8.03. The van der Waals surface area contributed by atoms with Gasteiger partial charge in [0, 0.05) is 19.2 Å². The van der Waals surface area contributed by atoms with Crippen molar-refractivity contribution in [2.45, 2.75) is 6.54 Å². The predicted octanol–water partition coefficient (Wildman–Crippen LogP) is 2.47. The minimum atomic E-state index is -0.307. The van der Waals surface area contributed by atoms with Crippen molar-refractivity contribution >= 4 is 17.2 Å². The van der Waals surface area contributed by atoms with Crippen LogP contribution in [-0.4, -0.2) is 24.4 Å². The predicted molar refractivity (Wildman–Crippen MR) is 82.4 cm³/mol. The summed E-state index contributed by atoms with van der Waals surface area (Å²) in [6.45, 7) is 0.598. The summed E-state index contributed by atoms with van der Waals surface area (Å²) in [5, 5.41) is 1.82. The van der Waals surface area contributed by atoms with E-state index < -0.39 is 0 Å². The molecule has 0 saturated carbocycles. The molecule has 1 heterocycles. The highest BCUT2D eigenvalue weighted by atomic mass is 32.1. The molecule has 2 aromatic rings. The van der Waals surface area contributed by atoms with Crippen LogP contribution in [0.3, 0.4) is 0 Å². The molecule has 0 spiro atoms. The van der Waals surface area contributed by atoms with Crippen molar-refractivity contribution in [3.63, 3.8) is 0 Å². The Morgan fingerprint density at radius 2 is 2.24 bits per heavy atom. The fourth-order valence-electron chi connectivity index (χ4n) is 1.87. The molecule has 0 atom stereocenters. The number of carbonyl (C=O) groups excluding carboxylic acids is 1. The summed E-state index contributed by atoms with van der Waals surface area (Å²) in [6.07, 6.45) is 0. The SMILES string of the molecule is CN(Cc1cccc(F)c1)C(=O)c1sccc1C#CCN. The van der Waals surface area contributed by atoms with Crippen molar-refractivity contribution in [1.29, 1.82) is 0 Å². The molecular weight excluding hydrogens is 287 g/mol. The van der Waals surface area contributed by atoms with Gasteiger partial charge >= 0.3 is 0 Å². The smallest absolute Gasteiger partial charge is 0.265 e. The van der Waals surface area contributed by atoms with Gasteiger partial charge in [-0.3, -0.25) is 4.79 Å². The number of rotatable bonds is 3. The zero-order valence-corrected chi connectivity index (χ0v) is 12.4. The average Bonchev–Trinajstić information content (AvgIpc) is 2.92. The van der Waals surface area contributed by atoms with E-state index >= 15 is 0 Å². The molecule has 0 unspecified atom stereocenters. The van der Waals surface area contributed by atoms with Gasteiger partial charge in [-0.25, -0.2) is 4.39 Å². The quantitative estimate of drug-likeness (QED) is 0.885. The molecule has 2 rings (SSSR count). The van der Waals surface area contributed by atoms with E-state index in [2.05, 4.69) is 11.8 Å². The van der Waals surface area contributed by atoms with Crippen LogP contribution in [0.15, 0.2) is 35.7 Å². The van der Waals surface area contributed by atoms with E-state index in [1.807, 2.05) is 5.38 Å². The molecule has 0 aliphatic heterocycles. The number of nitrogens with two attached hydrogens (primary N) is 1. The Kier molecular flexibility index (Phi) is 5.09. The van der Waals surface area contributed by atoms with Crippen LogP contribution in [0, 0.1) is 17.7 Å². The third-order valence-electron chi connectivity index (χ3n) is 2.84. The zero-order valence-electron chi connectivity index (χ0n) is 11.6. The van der Waals surface area contributed by atoms with Crippen molar-refractivity contribution in [2.24, 2.45) is 5.73 Å². The number of hydrogen-bond acceptors (Lipinski definition) is 3. The zero-order chi connectivity index (χ0) is 15.2. The molecule has 0 aliphatic carbocycles. The standard InChI is InChI=1S/C16H15FN2OS/c1-19(11-12-4-2-6-14(17)10-12)16(20)15-13(5-3-8-18)7-9-21-15/h2,4,6-7,9-10H,8,11,18H2,1H3. The Balaban J connectivity index is 2.14. The minimum absolute atomic E-state index is 0.129. The van der Waals surface area contributed by atoms with Crippen LogP contribution in [0.25, 0.3) is 0 Å². The molecule has 0 bridgehead atoms. The van der Waals surface area contributed by atoms with E-state index in [-0.39, 0.29) is 18.3 Å². The van der Waals surface area contributed by atoms with E-state index in [9.17, 15) is 9.18 Å². The number of benzene rings is 1. The number of hydrogen-bond donors (Lipinski definition) is 1. The Morgan fingerprint density at radius 3 is 2.95 bits per heavy atom. The third-order valence-corrected chi connectivity index (χ3v) is 3.74. The first-order chi connectivity index (χ1) is 10.1. The number of thiophene rings is 1. The van der Waals surface area contributed by atoms with Gasteiger partial charge in [0.2, 0.25) is 0 Å². The fraction of sp³-hybridized carbons (Fsp3) is 0.188. The van der Waals surface area contributed by atoms with Crippen molar-refractivity contribution in [1.82, 2.24) is 4.90 Å². The molecule has 1 aromatic heterocycles. The highest BCUT2D eigenvalue weighted by molar-refractivity contribution is 7.12. The van der Waals surface area contributed by atoms with Gasteiger partial charge in [-0.15, -0.1) is 11.3 Å². The van der Waals surface area contributed by atoms with Gasteiger partial charge in [-0.05, 0) is 29.1 Å². The van der Waals surface area contributed by atoms with E-state index in [4.69, 9.17) is 5.73 Å². The maximum Gasteiger partial charge on any atom is 0.265 e. The molecule has 2 N–H and O–H groups in total. The molecule has 0 aliphatic rings. The molecular formula is C16H15FN2OS. The van der Waals surface area contributed by atoms with E-state index in [1.165, 1.54) is 23.5 Å². The Hall–Kier alpha value is -2.16. The lowest BCUT2D eigenvalue weighted by Crippen LogP contribution is -2.26. The second-order valence-corrected chi connectivity index (χ2v) is 5.38. The van der Waals surface area contributed by atoms with Crippen LogP contribution in [0.1, 0.15) is 20.8 Å². The van der Waals surface area contributed by atoms with Gasteiger partial charge in [-0.1, -0.05) is 24.0 Å². The lowest BCUT2D eigenvalue weighted by atomic mass is 10.2. The lowest BCUT2D eigenvalue weighted by molar-refractivity contribution is 0.0789. The summed E-state index contributed by atoms with van der Waals surface area (Å²) in [5.74, 6) is 5.20. The van der Waals surface area contributed by atoms with Gasteiger partial charge in [0.1, 0.15) is 10.7 Å². The maximum atomic E-state index is 13.2. The Bertz CT molecular complexity index is 700. The molecule has 1 aromatic carbocycles. The second kappa shape index (κ2) is 7.02. The highest BCUT2D eigenvalue weighted by Gasteiger charge is 2.16. The number of amides is 1. The summed E-state index contributed by atoms with van der Waals surface area (Å²) < 4.78 is 13.2. The largest absolute Gasteiger partial charge is 0.337 e. The molecule has 0 saturated heterocycles. The Labute approximate surface area is 127 Å². The lowest BCUT2D eigenvalue weighted by Gasteiger charge is -2.16. The highest BCUT2D eigenvalue weighted by Crippen LogP contribution is 2.19. The first-order valence-electron chi connectivity index (χ1n) is 6.38. The molecule has 1 amide bonds. The van der Waals surface area contributed by atoms with Gasteiger partial charge in [0.25, 0.3) is 5.91 Å². The van der Waals surface area contributed by atoms with Gasteiger partial charge in [0.15, 0.2) is 0 Å². The minimum Gasteiger partial charge on any atom is -0.337 e. The van der Waals surface area contributed by atoms with E-state index in [0.29, 0.717) is 17.0 Å². The number of nitrogens with zero attached hydrogens (tertiary/aromatic N) is 1. The summed E-state index contributed by atoms with van der Waals surface area (Å²) >= 11 is 1.34. The topological polar surface area (TPSA) is 46.3 Å². The van der Waals surface area contributed by atoms with E-state index in [0.717, 1.165) is 5.56 Å². The molecule has 108 valence electrons.